The van der Waals surface area contributed by atoms with Crippen molar-refractivity contribution >= 4 is 23.6 Å². The number of nitrogens with zero attached hydrogens (tertiary/aromatic N) is 2. The van der Waals surface area contributed by atoms with E-state index in [9.17, 15) is 14.4 Å². The molecule has 4 N–H and O–H groups in total. The van der Waals surface area contributed by atoms with Crippen LogP contribution in [0.2, 0.25) is 0 Å². The predicted octanol–water partition coefficient (Wildman–Crippen LogP) is 4.87. The van der Waals surface area contributed by atoms with Crippen molar-refractivity contribution in [2.75, 3.05) is 72.9 Å². The molecule has 2 saturated heterocycles. The summed E-state index contributed by atoms with van der Waals surface area (Å²) in [6, 6.07) is 5.92. The van der Waals surface area contributed by atoms with Crippen molar-refractivity contribution in [3.05, 3.63) is 23.8 Å². The van der Waals surface area contributed by atoms with Crippen LogP contribution in [0.3, 0.4) is 0 Å². The normalized spacial score (nSPS) is 19.9. The lowest BCUT2D eigenvalue weighted by Crippen LogP contribution is -2.47. The van der Waals surface area contributed by atoms with Gasteiger partial charge in [0.1, 0.15) is 12.5 Å². The van der Waals surface area contributed by atoms with Gasteiger partial charge in [-0.25, -0.2) is 4.79 Å². The van der Waals surface area contributed by atoms with Gasteiger partial charge in [-0.1, -0.05) is 33.8 Å². The average molecular weight is 734 g/mol. The number of piperidine rings is 1. The maximum atomic E-state index is 13.7. The van der Waals surface area contributed by atoms with Gasteiger partial charge in [0, 0.05) is 52.7 Å². The van der Waals surface area contributed by atoms with E-state index in [1.807, 2.05) is 27.0 Å². The number of anilines is 1. The second-order valence-electron chi connectivity index (χ2n) is 15.8. The highest BCUT2D eigenvalue weighted by atomic mass is 16.7. The van der Waals surface area contributed by atoms with Crippen molar-refractivity contribution in [3.8, 4) is 5.75 Å². The molecule has 3 rings (SSSR count). The molecule has 296 valence electrons. The molecule has 2 fully saturated rings. The molecule has 13 heteroatoms. The Labute approximate surface area is 311 Å². The van der Waals surface area contributed by atoms with E-state index in [2.05, 4.69) is 48.6 Å². The summed E-state index contributed by atoms with van der Waals surface area (Å²) in [6.45, 7) is 15.0. The topological polar surface area (TPSA) is 154 Å². The average Bonchev–Trinajstić information content (AvgIpc) is 3.50. The first-order valence-electron chi connectivity index (χ1n) is 19.0. The van der Waals surface area contributed by atoms with Crippen molar-refractivity contribution in [2.45, 2.75) is 98.3 Å². The minimum Gasteiger partial charge on any atom is -0.491 e. The number of likely N-dealkylation sites (tertiary alicyclic amines) is 1. The fraction of sp³-hybridized carbons (Fsp3) is 0.769. The van der Waals surface area contributed by atoms with Crippen LogP contribution in [0.5, 0.6) is 5.75 Å². The molecule has 0 unspecified atom stereocenters. The third-order valence-electron chi connectivity index (χ3n) is 10.7. The molecule has 1 aromatic rings. The molecule has 0 bridgehead atoms. The number of nitrogens with two attached hydrogens (primary N) is 1. The van der Waals surface area contributed by atoms with Crippen molar-refractivity contribution in [2.24, 2.45) is 34.8 Å². The van der Waals surface area contributed by atoms with Crippen molar-refractivity contribution < 1.29 is 38.1 Å². The number of ether oxygens (including phenoxy) is 5. The van der Waals surface area contributed by atoms with Crippen LogP contribution >= 0.6 is 0 Å². The Hall–Kier alpha value is -3.13. The number of hydrogen-bond donors (Lipinski definition) is 3. The lowest BCUT2D eigenvalue weighted by atomic mass is 9.80. The molecule has 52 heavy (non-hydrogen) atoms. The lowest BCUT2D eigenvalue weighted by Gasteiger charge is -2.33. The highest BCUT2D eigenvalue weighted by molar-refractivity contribution is 5.83. The maximum Gasteiger partial charge on any atom is 0.414 e. The van der Waals surface area contributed by atoms with Crippen LogP contribution in [0.15, 0.2) is 18.2 Å². The van der Waals surface area contributed by atoms with Crippen LogP contribution in [0.25, 0.3) is 0 Å². The van der Waals surface area contributed by atoms with Gasteiger partial charge in [0.2, 0.25) is 11.8 Å². The van der Waals surface area contributed by atoms with Crippen LogP contribution in [0.4, 0.5) is 10.5 Å². The fourth-order valence-corrected chi connectivity index (χ4v) is 6.76. The van der Waals surface area contributed by atoms with E-state index in [1.165, 1.54) is 0 Å². The predicted molar refractivity (Wildman–Crippen MR) is 202 cm³/mol. The zero-order chi connectivity index (χ0) is 38.4. The first kappa shape index (κ1) is 43.3. The highest BCUT2D eigenvalue weighted by Gasteiger charge is 2.43. The molecule has 0 aliphatic carbocycles. The van der Waals surface area contributed by atoms with Gasteiger partial charge in [0.25, 0.3) is 0 Å². The SMILES string of the molecule is CNc1ccc(C[C@@H](C[C@H]2[C@H](C[C@H](C(=O)NCC(C)(C)C(N)=O)C(C)C)OCN2C(=O)OCOC2CCN(C)CC2)C(C)C)cc1OCCCOC. The zero-order valence-corrected chi connectivity index (χ0v) is 33.2. The number of nitrogens with one attached hydrogen (secondary N) is 2. The zero-order valence-electron chi connectivity index (χ0n) is 33.2. The van der Waals surface area contributed by atoms with Crippen LogP contribution in [0.1, 0.15) is 79.2 Å². The molecule has 4 atom stereocenters. The summed E-state index contributed by atoms with van der Waals surface area (Å²) in [4.78, 5) is 43.1. The number of hydrogen-bond acceptors (Lipinski definition) is 10. The second-order valence-corrected chi connectivity index (χ2v) is 15.8. The Balaban J connectivity index is 1.81. The van der Waals surface area contributed by atoms with Gasteiger partial charge in [-0.15, -0.1) is 0 Å². The molecule has 2 heterocycles. The van der Waals surface area contributed by atoms with E-state index in [1.54, 1.807) is 25.9 Å². The molecule has 0 saturated carbocycles. The fourth-order valence-electron chi connectivity index (χ4n) is 6.76. The third-order valence-corrected chi connectivity index (χ3v) is 10.7. The van der Waals surface area contributed by atoms with Crippen molar-refractivity contribution in [1.29, 1.82) is 0 Å². The number of methoxy groups -OCH3 is 1. The van der Waals surface area contributed by atoms with E-state index in [0.29, 0.717) is 26.1 Å². The summed E-state index contributed by atoms with van der Waals surface area (Å²) >= 11 is 0. The maximum absolute atomic E-state index is 13.7. The van der Waals surface area contributed by atoms with Crippen LogP contribution in [-0.4, -0.2) is 114 Å². The van der Waals surface area contributed by atoms with Gasteiger partial charge in [0.15, 0.2) is 6.79 Å². The quantitative estimate of drug-likeness (QED) is 0.118. The number of amides is 3. The summed E-state index contributed by atoms with van der Waals surface area (Å²) in [5.41, 5.74) is 6.73. The molecule has 0 radical (unpaired) electrons. The van der Waals surface area contributed by atoms with Crippen LogP contribution < -0.4 is 21.1 Å². The molecule has 0 aromatic heterocycles. The Morgan fingerprint density at radius 3 is 2.38 bits per heavy atom. The van der Waals surface area contributed by atoms with E-state index in [0.717, 1.165) is 55.8 Å². The molecule has 1 aromatic carbocycles. The largest absolute Gasteiger partial charge is 0.491 e. The minimum absolute atomic E-state index is 0.0150. The van der Waals surface area contributed by atoms with Gasteiger partial charge in [0.05, 0.1) is 36.0 Å². The number of benzene rings is 1. The third kappa shape index (κ3) is 13.1. The van der Waals surface area contributed by atoms with Crippen LogP contribution in [-0.2, 0) is 35.0 Å². The minimum atomic E-state index is -0.884. The van der Waals surface area contributed by atoms with Gasteiger partial charge in [-0.05, 0) is 88.4 Å². The molecular formula is C39H67N5O8. The monoisotopic (exact) mass is 733 g/mol. The number of rotatable bonds is 21. The van der Waals surface area contributed by atoms with E-state index < -0.39 is 29.4 Å². The van der Waals surface area contributed by atoms with Gasteiger partial charge in [-0.3, -0.25) is 14.5 Å². The number of carbonyl (C=O) groups is 3. The van der Waals surface area contributed by atoms with E-state index in [-0.39, 0.29) is 55.9 Å². The number of primary amides is 1. The Kier molecular flexibility index (Phi) is 17.4. The summed E-state index contributed by atoms with van der Waals surface area (Å²) in [7, 11) is 5.65. The van der Waals surface area contributed by atoms with Gasteiger partial charge < -0.3 is 45.0 Å². The van der Waals surface area contributed by atoms with Crippen molar-refractivity contribution in [1.82, 2.24) is 15.1 Å². The molecule has 3 amide bonds. The molecule has 0 spiro atoms. The van der Waals surface area contributed by atoms with E-state index >= 15 is 0 Å². The summed E-state index contributed by atoms with van der Waals surface area (Å²) in [5.74, 6) is 0.171. The van der Waals surface area contributed by atoms with Gasteiger partial charge in [-0.2, -0.15) is 0 Å². The van der Waals surface area contributed by atoms with Gasteiger partial charge >= 0.3 is 6.09 Å². The first-order chi connectivity index (χ1) is 24.7. The summed E-state index contributed by atoms with van der Waals surface area (Å²) < 4.78 is 29.3. The molecular weight excluding hydrogens is 666 g/mol. The lowest BCUT2D eigenvalue weighted by molar-refractivity contribution is -0.130. The number of carbonyl (C=O) groups excluding carboxylic acids is 3. The van der Waals surface area contributed by atoms with E-state index in [4.69, 9.17) is 29.4 Å². The van der Waals surface area contributed by atoms with Crippen LogP contribution in [0, 0.1) is 29.1 Å². The Morgan fingerprint density at radius 1 is 1.06 bits per heavy atom. The van der Waals surface area contributed by atoms with Crippen molar-refractivity contribution in [3.63, 3.8) is 0 Å². The molecule has 13 nitrogen and oxygen atoms in total. The first-order valence-corrected chi connectivity index (χ1v) is 19.0. The molecule has 2 aliphatic heterocycles. The standard InChI is InChI=1S/C39H67N5O8/c1-26(2)29(19-28-11-12-32(41-7)34(20-28)49-18-10-17-48-9)21-33-35(22-31(27(3)4)36(45)42-23-39(5,6)37(40)46)50-24-44(33)38(47)52-25-51-30-13-15-43(8)16-14-30/h11-12,20,26-27,29-31,33,35,41H,10,13-19,21-25H2,1-9H3,(H2,40,46)(H,42,45)/t29-,31-,33-,35-/m0/s1. The second kappa shape index (κ2) is 20.9. The summed E-state index contributed by atoms with van der Waals surface area (Å²) in [5, 5.41) is 6.18. The molecule has 2 aliphatic rings. The smallest absolute Gasteiger partial charge is 0.414 e. The summed E-state index contributed by atoms with van der Waals surface area (Å²) in [6.07, 6.45) is 3.55. The highest BCUT2D eigenvalue weighted by Crippen LogP contribution is 2.35. The Bertz CT molecular complexity index is 1270. The Morgan fingerprint density at radius 2 is 1.77 bits per heavy atom.